The summed E-state index contributed by atoms with van der Waals surface area (Å²) < 4.78 is 48.4. The van der Waals surface area contributed by atoms with E-state index in [2.05, 4.69) is 20.2 Å². The Bertz CT molecular complexity index is 1570. The first-order valence-corrected chi connectivity index (χ1v) is 10.7. The highest BCUT2D eigenvalue weighted by molar-refractivity contribution is 6.08. The van der Waals surface area contributed by atoms with Gasteiger partial charge in [0.1, 0.15) is 6.33 Å². The number of aromatic nitrogens is 5. The molecular formula is C24H17F3N6O2. The molecule has 4 heterocycles. The van der Waals surface area contributed by atoms with Gasteiger partial charge in [0.2, 0.25) is 5.90 Å². The van der Waals surface area contributed by atoms with Gasteiger partial charge in [0.05, 0.1) is 29.9 Å². The number of aryl methyl sites for hydroxylation is 1. The maximum absolute atomic E-state index is 13.1. The van der Waals surface area contributed by atoms with Gasteiger partial charge in [-0.15, -0.1) is 0 Å². The quantitative estimate of drug-likeness (QED) is 0.357. The topological polar surface area (TPSA) is 79.4 Å². The van der Waals surface area contributed by atoms with Gasteiger partial charge in [-0.25, -0.2) is 9.97 Å². The molecule has 6 rings (SSSR count). The third-order valence-corrected chi connectivity index (χ3v) is 5.81. The Kier molecular flexibility index (Phi) is 4.73. The fraction of sp³-hybridized carbons (Fsp3) is 0.167. The number of benzene rings is 2. The van der Waals surface area contributed by atoms with E-state index in [1.165, 1.54) is 30.9 Å². The molecule has 2 aromatic carbocycles. The van der Waals surface area contributed by atoms with Gasteiger partial charge in [0.25, 0.3) is 0 Å². The number of hydrogen-bond acceptors (Lipinski definition) is 6. The van der Waals surface area contributed by atoms with Crippen LogP contribution in [-0.4, -0.2) is 30.2 Å². The molecule has 3 aromatic heterocycles. The van der Waals surface area contributed by atoms with E-state index in [1.807, 2.05) is 29.0 Å². The van der Waals surface area contributed by atoms with Crippen LogP contribution in [0, 0.1) is 0 Å². The Morgan fingerprint density at radius 3 is 2.54 bits per heavy atom. The first-order chi connectivity index (χ1) is 16.9. The molecule has 1 unspecified atom stereocenters. The number of nitrogens with zero attached hydrogens (tertiary/aromatic N) is 6. The summed E-state index contributed by atoms with van der Waals surface area (Å²) in [6.07, 6.45) is 2.06. The molecule has 11 heteroatoms. The summed E-state index contributed by atoms with van der Waals surface area (Å²) >= 11 is 0. The lowest BCUT2D eigenvalue weighted by Crippen LogP contribution is -2.07. The minimum atomic E-state index is -4.40. The third kappa shape index (κ3) is 3.74. The maximum Gasteiger partial charge on any atom is 0.416 e. The van der Waals surface area contributed by atoms with Crippen molar-refractivity contribution in [2.45, 2.75) is 18.7 Å². The maximum atomic E-state index is 13.1. The van der Waals surface area contributed by atoms with Crippen LogP contribution in [-0.2, 0) is 18.1 Å². The minimum Gasteiger partial charge on any atom is -0.436 e. The second-order valence-corrected chi connectivity index (χ2v) is 8.16. The van der Waals surface area contributed by atoms with Gasteiger partial charge in [-0.2, -0.15) is 18.3 Å². The van der Waals surface area contributed by atoms with Gasteiger partial charge in [-0.3, -0.25) is 9.25 Å². The van der Waals surface area contributed by atoms with Crippen molar-refractivity contribution >= 4 is 27.8 Å². The minimum absolute atomic E-state index is 0.347. The molecule has 0 fully saturated rings. The van der Waals surface area contributed by atoms with Crippen LogP contribution in [0.15, 0.2) is 72.5 Å². The normalized spacial score (nSPS) is 16.0. The molecule has 0 bridgehead atoms. The summed E-state index contributed by atoms with van der Waals surface area (Å²) in [6.45, 7) is 0. The molecule has 0 spiro atoms. The molecule has 1 aliphatic rings. The molecule has 176 valence electrons. The van der Waals surface area contributed by atoms with E-state index in [9.17, 15) is 13.2 Å². The fourth-order valence-corrected chi connectivity index (χ4v) is 4.24. The number of oxime groups is 1. The molecular weight excluding hydrogens is 461 g/mol. The van der Waals surface area contributed by atoms with Gasteiger partial charge in [0.15, 0.2) is 17.5 Å². The van der Waals surface area contributed by atoms with E-state index in [0.717, 1.165) is 34.0 Å². The number of halogens is 3. The monoisotopic (exact) mass is 478 g/mol. The zero-order valence-corrected chi connectivity index (χ0v) is 18.3. The van der Waals surface area contributed by atoms with Crippen molar-refractivity contribution in [3.8, 4) is 11.4 Å². The Morgan fingerprint density at radius 1 is 1.03 bits per heavy atom. The van der Waals surface area contributed by atoms with E-state index in [1.54, 1.807) is 11.7 Å². The number of alkyl halides is 3. The van der Waals surface area contributed by atoms with E-state index >= 15 is 0 Å². The standard InChI is InChI=1S/C24H17F3N6O2/c1-32-12-19-18-8-14(21-9-22(31-35-21)34-17-10-28-13-29-11-17)2-7-20(18)33(23(19)30-32)16-5-3-15(4-6-16)24(25,26)27/h2-8,10-13,21H,9H2,1H3. The summed E-state index contributed by atoms with van der Waals surface area (Å²) in [4.78, 5) is 13.4. The molecule has 0 radical (unpaired) electrons. The lowest BCUT2D eigenvalue weighted by molar-refractivity contribution is -0.137. The Balaban J connectivity index is 1.36. The van der Waals surface area contributed by atoms with E-state index in [-0.39, 0.29) is 6.10 Å². The van der Waals surface area contributed by atoms with Crippen LogP contribution in [0.4, 0.5) is 13.2 Å². The van der Waals surface area contributed by atoms with Crippen molar-refractivity contribution in [3.63, 3.8) is 0 Å². The molecule has 0 aliphatic carbocycles. The number of fused-ring (bicyclic) bond motifs is 3. The van der Waals surface area contributed by atoms with E-state index in [0.29, 0.717) is 29.4 Å². The van der Waals surface area contributed by atoms with Crippen LogP contribution in [0.25, 0.3) is 27.6 Å². The highest BCUT2D eigenvalue weighted by Gasteiger charge is 2.30. The SMILES string of the molecule is Cn1cc2c3cc(C4CC(Oc5cncnc5)=NO4)ccc3n(-c3ccc(C(F)(F)F)cc3)c2n1. The van der Waals surface area contributed by atoms with Gasteiger partial charge < -0.3 is 9.57 Å². The molecule has 0 N–H and O–H groups in total. The zero-order valence-electron chi connectivity index (χ0n) is 18.3. The van der Waals surface area contributed by atoms with Crippen molar-refractivity contribution in [2.75, 3.05) is 0 Å². The lowest BCUT2D eigenvalue weighted by Gasteiger charge is -2.11. The predicted octanol–water partition coefficient (Wildman–Crippen LogP) is 5.18. The zero-order chi connectivity index (χ0) is 24.2. The molecule has 1 atom stereocenters. The van der Waals surface area contributed by atoms with Crippen LogP contribution in [0.2, 0.25) is 0 Å². The Morgan fingerprint density at radius 2 is 1.80 bits per heavy atom. The van der Waals surface area contributed by atoms with Crippen molar-refractivity contribution in [1.29, 1.82) is 0 Å². The number of ether oxygens (including phenoxy) is 1. The molecule has 0 saturated carbocycles. The summed E-state index contributed by atoms with van der Waals surface area (Å²) in [6, 6.07) is 10.9. The van der Waals surface area contributed by atoms with Crippen molar-refractivity contribution in [2.24, 2.45) is 12.2 Å². The van der Waals surface area contributed by atoms with Gasteiger partial charge in [-0.05, 0) is 42.0 Å². The lowest BCUT2D eigenvalue weighted by atomic mass is 10.0. The summed E-state index contributed by atoms with van der Waals surface area (Å²) in [7, 11) is 1.80. The van der Waals surface area contributed by atoms with E-state index in [4.69, 9.17) is 9.57 Å². The average Bonchev–Trinajstić information content (AvgIpc) is 3.53. The average molecular weight is 478 g/mol. The molecule has 0 amide bonds. The highest BCUT2D eigenvalue weighted by Crippen LogP contribution is 2.36. The van der Waals surface area contributed by atoms with Gasteiger partial charge in [-0.1, -0.05) is 11.2 Å². The van der Waals surface area contributed by atoms with Crippen molar-refractivity contribution < 1.29 is 22.7 Å². The smallest absolute Gasteiger partial charge is 0.416 e. The second-order valence-electron chi connectivity index (χ2n) is 8.16. The first kappa shape index (κ1) is 21.1. The second kappa shape index (κ2) is 7.83. The molecule has 1 aliphatic heterocycles. The highest BCUT2D eigenvalue weighted by atomic mass is 19.4. The van der Waals surface area contributed by atoms with Crippen LogP contribution >= 0.6 is 0 Å². The van der Waals surface area contributed by atoms with Crippen LogP contribution in [0.1, 0.15) is 23.7 Å². The third-order valence-electron chi connectivity index (χ3n) is 5.81. The van der Waals surface area contributed by atoms with Crippen LogP contribution in [0.5, 0.6) is 5.75 Å². The summed E-state index contributed by atoms with van der Waals surface area (Å²) in [5, 5.41) is 10.4. The Hall–Kier alpha value is -4.41. The molecule has 8 nitrogen and oxygen atoms in total. The number of hydrogen-bond donors (Lipinski definition) is 0. The van der Waals surface area contributed by atoms with E-state index < -0.39 is 11.7 Å². The largest absolute Gasteiger partial charge is 0.436 e. The van der Waals surface area contributed by atoms with Crippen LogP contribution < -0.4 is 4.74 Å². The number of rotatable bonds is 3. The van der Waals surface area contributed by atoms with Gasteiger partial charge >= 0.3 is 6.18 Å². The molecule has 0 saturated heterocycles. The van der Waals surface area contributed by atoms with Crippen molar-refractivity contribution in [1.82, 2.24) is 24.3 Å². The predicted molar refractivity (Wildman–Crippen MR) is 121 cm³/mol. The Labute approximate surface area is 196 Å². The molecule has 35 heavy (non-hydrogen) atoms. The molecule has 5 aromatic rings. The summed E-state index contributed by atoms with van der Waals surface area (Å²) in [5.74, 6) is 0.885. The van der Waals surface area contributed by atoms with Crippen molar-refractivity contribution in [3.05, 3.63) is 78.5 Å². The van der Waals surface area contributed by atoms with Gasteiger partial charge in [0, 0.05) is 29.7 Å². The van der Waals surface area contributed by atoms with Crippen LogP contribution in [0.3, 0.4) is 0 Å². The first-order valence-electron chi connectivity index (χ1n) is 10.7. The fourth-order valence-electron chi connectivity index (χ4n) is 4.24. The summed E-state index contributed by atoms with van der Waals surface area (Å²) in [5.41, 5.74) is 2.25.